The summed E-state index contributed by atoms with van der Waals surface area (Å²) < 4.78 is 0. The first-order chi connectivity index (χ1) is 11.3. The number of nitrogens with two attached hydrogens (primary N) is 1. The Hall–Kier alpha value is -3.75. The van der Waals surface area contributed by atoms with E-state index in [0.717, 1.165) is 18.2 Å². The summed E-state index contributed by atoms with van der Waals surface area (Å²) in [5.41, 5.74) is 3.39. The summed E-state index contributed by atoms with van der Waals surface area (Å²) >= 11 is 0. The number of hydrogen-bond donors (Lipinski definition) is 3. The zero-order valence-corrected chi connectivity index (χ0v) is 12.1. The van der Waals surface area contributed by atoms with E-state index in [2.05, 4.69) is 5.32 Å². The third-order valence-corrected chi connectivity index (χ3v) is 3.14. The van der Waals surface area contributed by atoms with Gasteiger partial charge in [0.1, 0.15) is 5.56 Å². The van der Waals surface area contributed by atoms with E-state index in [1.165, 1.54) is 24.3 Å². The molecule has 0 aliphatic heterocycles. The number of para-hydroxylation sites is 1. The molecule has 0 atom stereocenters. The van der Waals surface area contributed by atoms with Gasteiger partial charge in [0.25, 0.3) is 17.5 Å². The van der Waals surface area contributed by atoms with Gasteiger partial charge < -0.3 is 16.2 Å². The molecule has 0 aliphatic carbocycles. The van der Waals surface area contributed by atoms with Crippen molar-refractivity contribution in [1.29, 1.82) is 0 Å². The van der Waals surface area contributed by atoms with E-state index in [1.807, 2.05) is 0 Å². The van der Waals surface area contributed by atoms with Crippen molar-refractivity contribution in [3.05, 3.63) is 69.3 Å². The van der Waals surface area contributed by atoms with Crippen molar-refractivity contribution in [1.82, 2.24) is 0 Å². The number of amides is 2. The number of nitro groups is 1. The first-order valence-corrected chi connectivity index (χ1v) is 6.53. The van der Waals surface area contributed by atoms with Crippen molar-refractivity contribution >= 4 is 29.2 Å². The average molecular weight is 329 g/mol. The third-order valence-electron chi connectivity index (χ3n) is 3.14. The summed E-state index contributed by atoms with van der Waals surface area (Å²) in [4.78, 5) is 45.2. The van der Waals surface area contributed by atoms with Crippen molar-refractivity contribution < 1.29 is 24.4 Å². The fourth-order valence-electron chi connectivity index (χ4n) is 2.10. The molecule has 0 heterocycles. The standard InChI is InChI=1S/C15H11N3O6/c16-13(19)8-4-1-2-6-10(8)17-14(20)12-9(15(21)22)5-3-7-11(12)18(23)24/h1-7H,(H2,16,19)(H,17,20)(H,21,22). The van der Waals surface area contributed by atoms with Crippen molar-refractivity contribution in [3.63, 3.8) is 0 Å². The topological polar surface area (TPSA) is 153 Å². The number of carbonyl (C=O) groups is 3. The maximum atomic E-state index is 12.4. The Balaban J connectivity index is 2.53. The maximum Gasteiger partial charge on any atom is 0.336 e. The van der Waals surface area contributed by atoms with Crippen LogP contribution in [0.25, 0.3) is 0 Å². The molecule has 0 saturated carbocycles. The molecule has 122 valence electrons. The summed E-state index contributed by atoms with van der Waals surface area (Å²) in [5.74, 6) is -3.34. The van der Waals surface area contributed by atoms with Gasteiger partial charge >= 0.3 is 5.97 Å². The lowest BCUT2D eigenvalue weighted by atomic mass is 10.0. The molecule has 0 unspecified atom stereocenters. The number of hydrogen-bond acceptors (Lipinski definition) is 5. The van der Waals surface area contributed by atoms with Gasteiger partial charge in [-0.1, -0.05) is 18.2 Å². The predicted octanol–water partition coefficient (Wildman–Crippen LogP) is 1.64. The molecule has 9 heteroatoms. The molecule has 24 heavy (non-hydrogen) atoms. The number of rotatable bonds is 5. The van der Waals surface area contributed by atoms with E-state index in [4.69, 9.17) is 10.8 Å². The molecule has 2 amide bonds. The van der Waals surface area contributed by atoms with Crippen molar-refractivity contribution in [2.75, 3.05) is 5.32 Å². The highest BCUT2D eigenvalue weighted by atomic mass is 16.6. The third kappa shape index (κ3) is 3.19. The fourth-order valence-corrected chi connectivity index (χ4v) is 2.10. The van der Waals surface area contributed by atoms with Crippen LogP contribution in [0.4, 0.5) is 11.4 Å². The Bertz CT molecular complexity index is 830. The smallest absolute Gasteiger partial charge is 0.336 e. The SMILES string of the molecule is NC(=O)c1ccccc1NC(=O)c1c(C(=O)O)cccc1[N+](=O)[O-]. The highest BCUT2D eigenvalue weighted by Gasteiger charge is 2.27. The van der Waals surface area contributed by atoms with E-state index in [0.29, 0.717) is 0 Å². The van der Waals surface area contributed by atoms with Crippen molar-refractivity contribution in [2.24, 2.45) is 5.73 Å². The van der Waals surface area contributed by atoms with Crippen molar-refractivity contribution in [3.8, 4) is 0 Å². The molecular weight excluding hydrogens is 318 g/mol. The summed E-state index contributed by atoms with van der Waals surface area (Å²) in [6.45, 7) is 0. The maximum absolute atomic E-state index is 12.4. The second kappa shape index (κ2) is 6.57. The number of nitrogens with one attached hydrogen (secondary N) is 1. The number of anilines is 1. The molecule has 4 N–H and O–H groups in total. The molecule has 9 nitrogen and oxygen atoms in total. The molecule has 0 aliphatic rings. The van der Waals surface area contributed by atoms with Crippen LogP contribution >= 0.6 is 0 Å². The van der Waals surface area contributed by atoms with Crippen LogP contribution in [0.5, 0.6) is 0 Å². The average Bonchev–Trinajstić information content (AvgIpc) is 2.54. The monoisotopic (exact) mass is 329 g/mol. The van der Waals surface area contributed by atoms with Crippen LogP contribution < -0.4 is 11.1 Å². The van der Waals surface area contributed by atoms with Crippen LogP contribution in [0.15, 0.2) is 42.5 Å². The number of nitrogens with zero attached hydrogens (tertiary/aromatic N) is 1. The van der Waals surface area contributed by atoms with Crippen LogP contribution in [-0.2, 0) is 0 Å². The van der Waals surface area contributed by atoms with Crippen LogP contribution in [0.1, 0.15) is 31.1 Å². The number of benzene rings is 2. The molecule has 2 aromatic rings. The van der Waals surface area contributed by atoms with E-state index in [-0.39, 0.29) is 11.3 Å². The summed E-state index contributed by atoms with van der Waals surface area (Å²) in [6.07, 6.45) is 0. The van der Waals surface area contributed by atoms with Gasteiger partial charge in [0.15, 0.2) is 0 Å². The second-order valence-electron chi connectivity index (χ2n) is 4.63. The minimum absolute atomic E-state index is 0.0127. The van der Waals surface area contributed by atoms with Crippen LogP contribution in [0.3, 0.4) is 0 Å². The predicted molar refractivity (Wildman–Crippen MR) is 83.0 cm³/mol. The largest absolute Gasteiger partial charge is 0.478 e. The molecule has 0 spiro atoms. The lowest BCUT2D eigenvalue weighted by Crippen LogP contribution is -2.21. The molecule has 0 aromatic heterocycles. The minimum atomic E-state index is -1.49. The van der Waals surface area contributed by atoms with Gasteiger partial charge in [-0.25, -0.2) is 4.79 Å². The van der Waals surface area contributed by atoms with Crippen LogP contribution in [0, 0.1) is 10.1 Å². The molecule has 0 saturated heterocycles. The van der Waals surface area contributed by atoms with Gasteiger partial charge in [0.05, 0.1) is 21.7 Å². The Labute approximate surface area is 134 Å². The Morgan fingerprint density at radius 2 is 1.67 bits per heavy atom. The van der Waals surface area contributed by atoms with E-state index in [1.54, 1.807) is 0 Å². The first kappa shape index (κ1) is 16.6. The van der Waals surface area contributed by atoms with Gasteiger partial charge in [-0.3, -0.25) is 19.7 Å². The lowest BCUT2D eigenvalue weighted by Gasteiger charge is -2.10. The minimum Gasteiger partial charge on any atom is -0.478 e. The lowest BCUT2D eigenvalue weighted by molar-refractivity contribution is -0.385. The molecule has 2 aromatic carbocycles. The summed E-state index contributed by atoms with van der Waals surface area (Å²) in [7, 11) is 0. The number of carbonyl (C=O) groups excluding carboxylic acids is 2. The van der Waals surface area contributed by atoms with E-state index in [9.17, 15) is 24.5 Å². The van der Waals surface area contributed by atoms with E-state index >= 15 is 0 Å². The summed E-state index contributed by atoms with van der Waals surface area (Å²) in [5, 5.41) is 22.5. The Morgan fingerprint density at radius 1 is 1.04 bits per heavy atom. The van der Waals surface area contributed by atoms with E-state index < -0.39 is 39.5 Å². The fraction of sp³-hybridized carbons (Fsp3) is 0. The van der Waals surface area contributed by atoms with Crippen LogP contribution in [-0.4, -0.2) is 27.8 Å². The van der Waals surface area contributed by atoms with Crippen molar-refractivity contribution in [2.45, 2.75) is 0 Å². The number of carboxylic acids is 1. The van der Waals surface area contributed by atoms with Gasteiger partial charge in [-0.2, -0.15) is 0 Å². The Morgan fingerprint density at radius 3 is 2.25 bits per heavy atom. The highest BCUT2D eigenvalue weighted by molar-refractivity contribution is 6.15. The number of carboxylic acid groups (broad SMARTS) is 1. The molecule has 0 fully saturated rings. The molecule has 0 radical (unpaired) electrons. The zero-order valence-electron chi connectivity index (χ0n) is 12.1. The molecule has 0 bridgehead atoms. The number of nitro benzene ring substituents is 1. The van der Waals surface area contributed by atoms with Gasteiger partial charge in [0.2, 0.25) is 0 Å². The molecule has 2 rings (SSSR count). The highest BCUT2D eigenvalue weighted by Crippen LogP contribution is 2.24. The second-order valence-corrected chi connectivity index (χ2v) is 4.63. The summed E-state index contributed by atoms with van der Waals surface area (Å²) in [6, 6.07) is 9.01. The number of aromatic carboxylic acids is 1. The quantitative estimate of drug-likeness (QED) is 0.560. The first-order valence-electron chi connectivity index (χ1n) is 6.53. The Kier molecular flexibility index (Phi) is 4.55. The number of primary amides is 1. The van der Waals surface area contributed by atoms with Gasteiger partial charge in [-0.15, -0.1) is 0 Å². The zero-order chi connectivity index (χ0) is 17.9. The van der Waals surface area contributed by atoms with Crippen LogP contribution in [0.2, 0.25) is 0 Å². The molecular formula is C15H11N3O6. The normalized spacial score (nSPS) is 10.0. The van der Waals surface area contributed by atoms with Gasteiger partial charge in [-0.05, 0) is 18.2 Å². The van der Waals surface area contributed by atoms with Gasteiger partial charge in [0, 0.05) is 6.07 Å².